The number of hydrogen-bond donors (Lipinski definition) is 2. The third-order valence-electron chi connectivity index (χ3n) is 6.49. The van der Waals surface area contributed by atoms with Crippen molar-refractivity contribution >= 4 is 19.8 Å². The Kier molecular flexibility index (Phi) is 23.9. The monoisotopic (exact) mass is 595 g/mol. The van der Waals surface area contributed by atoms with Crippen LogP contribution in [0.5, 0.6) is 0 Å². The largest absolute Gasteiger partial charge is 0.472 e. The maximum absolute atomic E-state index is 12.3. The van der Waals surface area contributed by atoms with Gasteiger partial charge in [0.25, 0.3) is 0 Å². The Labute approximate surface area is 243 Å². The molecule has 0 aromatic carbocycles. The molecule has 0 fully saturated rings. The number of ether oxygens (including phenoxy) is 2. The summed E-state index contributed by atoms with van der Waals surface area (Å²) in [5, 5.41) is 0. The van der Waals surface area contributed by atoms with E-state index in [0.29, 0.717) is 24.0 Å². The zero-order valence-corrected chi connectivity index (χ0v) is 26.8. The van der Waals surface area contributed by atoms with Crippen LogP contribution in [-0.4, -0.2) is 81.5 Å². The van der Waals surface area contributed by atoms with E-state index in [4.69, 9.17) is 24.3 Å². The van der Waals surface area contributed by atoms with E-state index in [9.17, 15) is 19.0 Å². The first-order valence-corrected chi connectivity index (χ1v) is 17.0. The molecule has 0 aliphatic rings. The summed E-state index contributed by atoms with van der Waals surface area (Å²) in [5.74, 6) is -0.871. The van der Waals surface area contributed by atoms with Gasteiger partial charge in [-0.25, -0.2) is 4.57 Å². The summed E-state index contributed by atoms with van der Waals surface area (Å²) in [4.78, 5) is 34.5. The summed E-state index contributed by atoms with van der Waals surface area (Å²) in [6.45, 7) is 2.66. The van der Waals surface area contributed by atoms with E-state index in [2.05, 4.69) is 6.92 Å². The standard InChI is InChI=1S/C29H59N2O8P/c1-5-6-7-8-9-10-11-12-13-14-15-17-20-28(32)36-25-27(39-29(33)21-18-16-19-22-30)26-38-40(34,35)37-24-23-31(2,3)4/h27H,5-26,30H2,1-4H3/p+1/t27-/m1/s1. The van der Waals surface area contributed by atoms with Gasteiger partial charge in [0.05, 0.1) is 27.7 Å². The first-order valence-electron chi connectivity index (χ1n) is 15.5. The van der Waals surface area contributed by atoms with Crippen molar-refractivity contribution in [2.75, 3.05) is 54.1 Å². The lowest BCUT2D eigenvalue weighted by molar-refractivity contribution is -0.870. The lowest BCUT2D eigenvalue weighted by atomic mass is 10.0. The Hall–Kier alpha value is -1.03. The molecular weight excluding hydrogens is 535 g/mol. The number of hydrogen-bond acceptors (Lipinski definition) is 8. The molecule has 0 aliphatic carbocycles. The number of quaternary nitrogens is 1. The van der Waals surface area contributed by atoms with E-state index in [-0.39, 0.29) is 32.0 Å². The lowest BCUT2D eigenvalue weighted by Crippen LogP contribution is -2.37. The molecule has 0 amide bonds. The molecule has 238 valence electrons. The summed E-state index contributed by atoms with van der Waals surface area (Å²) >= 11 is 0. The van der Waals surface area contributed by atoms with Crippen LogP contribution < -0.4 is 5.73 Å². The van der Waals surface area contributed by atoms with Gasteiger partial charge in [-0.1, -0.05) is 84.0 Å². The van der Waals surface area contributed by atoms with Crippen LogP contribution in [0.25, 0.3) is 0 Å². The number of nitrogens with two attached hydrogens (primary N) is 1. The van der Waals surface area contributed by atoms with Gasteiger partial charge in [-0.2, -0.15) is 0 Å². The Bertz CT molecular complexity index is 687. The van der Waals surface area contributed by atoms with Crippen LogP contribution in [0.3, 0.4) is 0 Å². The van der Waals surface area contributed by atoms with E-state index >= 15 is 0 Å². The van der Waals surface area contributed by atoms with Crippen molar-refractivity contribution in [2.45, 2.75) is 122 Å². The van der Waals surface area contributed by atoms with Crippen LogP contribution in [0.2, 0.25) is 0 Å². The molecule has 0 heterocycles. The maximum atomic E-state index is 12.3. The van der Waals surface area contributed by atoms with E-state index < -0.39 is 26.5 Å². The summed E-state index contributed by atoms with van der Waals surface area (Å²) in [6.07, 6.45) is 16.2. The van der Waals surface area contributed by atoms with Crippen molar-refractivity contribution in [2.24, 2.45) is 5.73 Å². The van der Waals surface area contributed by atoms with Crippen molar-refractivity contribution in [3.8, 4) is 0 Å². The molecular formula is C29H60N2O8P+. The smallest absolute Gasteiger partial charge is 0.462 e. The fourth-order valence-corrected chi connectivity index (χ4v) is 4.71. The summed E-state index contributed by atoms with van der Waals surface area (Å²) in [6, 6.07) is 0. The van der Waals surface area contributed by atoms with Crippen LogP contribution in [0.4, 0.5) is 0 Å². The Balaban J connectivity index is 4.35. The topological polar surface area (TPSA) is 134 Å². The minimum atomic E-state index is -4.35. The zero-order valence-electron chi connectivity index (χ0n) is 25.9. The molecule has 0 aromatic heterocycles. The van der Waals surface area contributed by atoms with Crippen molar-refractivity contribution in [1.29, 1.82) is 0 Å². The maximum Gasteiger partial charge on any atom is 0.472 e. The molecule has 0 aliphatic heterocycles. The first kappa shape index (κ1) is 39.0. The number of phosphoric ester groups is 1. The molecule has 0 spiro atoms. The quantitative estimate of drug-likeness (QED) is 0.0491. The van der Waals surface area contributed by atoms with Crippen LogP contribution in [0.1, 0.15) is 116 Å². The van der Waals surface area contributed by atoms with Crippen LogP contribution in [0, 0.1) is 0 Å². The second-order valence-electron chi connectivity index (χ2n) is 11.6. The molecule has 0 saturated heterocycles. The van der Waals surface area contributed by atoms with Gasteiger partial charge in [0.1, 0.15) is 19.8 Å². The summed E-state index contributed by atoms with van der Waals surface area (Å²) < 4.78 is 33.6. The second-order valence-corrected chi connectivity index (χ2v) is 13.1. The normalized spacial score (nSPS) is 14.1. The van der Waals surface area contributed by atoms with Crippen LogP contribution in [0.15, 0.2) is 0 Å². The average Bonchev–Trinajstić information content (AvgIpc) is 2.88. The molecule has 0 radical (unpaired) electrons. The van der Waals surface area contributed by atoms with Crippen LogP contribution in [-0.2, 0) is 32.7 Å². The SMILES string of the molecule is CCCCCCCCCCCCCCC(=O)OC[C@H](COP(=O)(O)OCC[N+](C)(C)C)OC(=O)CCCCCN. The minimum Gasteiger partial charge on any atom is -0.462 e. The predicted molar refractivity (Wildman–Crippen MR) is 159 cm³/mol. The van der Waals surface area contributed by atoms with Crippen LogP contribution >= 0.6 is 7.82 Å². The molecule has 10 nitrogen and oxygen atoms in total. The van der Waals surface area contributed by atoms with E-state index in [1.165, 1.54) is 57.8 Å². The highest BCUT2D eigenvalue weighted by atomic mass is 31.2. The van der Waals surface area contributed by atoms with Crippen molar-refractivity contribution in [1.82, 2.24) is 0 Å². The number of nitrogens with zero attached hydrogens (tertiary/aromatic N) is 1. The average molecular weight is 596 g/mol. The number of esters is 2. The Morgan fingerprint density at radius 1 is 0.750 bits per heavy atom. The molecule has 0 saturated carbocycles. The molecule has 1 unspecified atom stereocenters. The Morgan fingerprint density at radius 2 is 1.25 bits per heavy atom. The van der Waals surface area contributed by atoms with Gasteiger partial charge < -0.3 is 24.6 Å². The Morgan fingerprint density at radius 3 is 1.77 bits per heavy atom. The fraction of sp³-hybridized carbons (Fsp3) is 0.931. The molecule has 0 rings (SSSR count). The van der Waals surface area contributed by atoms with Gasteiger partial charge >= 0.3 is 19.8 Å². The zero-order chi connectivity index (χ0) is 30.1. The minimum absolute atomic E-state index is 0.0247. The number of unbranched alkanes of at least 4 members (excludes halogenated alkanes) is 13. The molecule has 3 N–H and O–H groups in total. The molecule has 11 heteroatoms. The molecule has 2 atom stereocenters. The molecule has 40 heavy (non-hydrogen) atoms. The predicted octanol–water partition coefficient (Wildman–Crippen LogP) is 5.89. The van der Waals surface area contributed by atoms with E-state index in [1.54, 1.807) is 0 Å². The van der Waals surface area contributed by atoms with Crippen molar-refractivity contribution in [3.63, 3.8) is 0 Å². The van der Waals surface area contributed by atoms with Gasteiger partial charge in [0, 0.05) is 12.8 Å². The molecule has 0 aromatic rings. The fourth-order valence-electron chi connectivity index (χ4n) is 3.96. The van der Waals surface area contributed by atoms with Gasteiger partial charge in [0.2, 0.25) is 0 Å². The third-order valence-corrected chi connectivity index (χ3v) is 7.47. The number of phosphoric acid groups is 1. The van der Waals surface area contributed by atoms with Gasteiger partial charge in [-0.15, -0.1) is 0 Å². The number of rotatable bonds is 28. The number of likely N-dealkylation sites (N-methyl/N-ethyl adjacent to an activating group) is 1. The third kappa shape index (κ3) is 27.2. The van der Waals surface area contributed by atoms with E-state index in [1.807, 2.05) is 21.1 Å². The second kappa shape index (κ2) is 24.6. The highest BCUT2D eigenvalue weighted by Crippen LogP contribution is 2.43. The number of carbonyl (C=O) groups excluding carboxylic acids is 2. The van der Waals surface area contributed by atoms with Gasteiger partial charge in [0.15, 0.2) is 6.10 Å². The molecule has 0 bridgehead atoms. The summed E-state index contributed by atoms with van der Waals surface area (Å²) in [5.41, 5.74) is 5.48. The summed E-state index contributed by atoms with van der Waals surface area (Å²) in [7, 11) is 1.44. The first-order chi connectivity index (χ1) is 19.0. The van der Waals surface area contributed by atoms with Crippen molar-refractivity contribution < 1.29 is 42.1 Å². The van der Waals surface area contributed by atoms with E-state index in [0.717, 1.165) is 32.1 Å². The number of carbonyl (C=O) groups is 2. The van der Waals surface area contributed by atoms with Crippen molar-refractivity contribution in [3.05, 3.63) is 0 Å². The van der Waals surface area contributed by atoms with Gasteiger partial charge in [-0.05, 0) is 25.8 Å². The highest BCUT2D eigenvalue weighted by Gasteiger charge is 2.27. The van der Waals surface area contributed by atoms with Gasteiger partial charge in [-0.3, -0.25) is 18.6 Å². The lowest BCUT2D eigenvalue weighted by Gasteiger charge is -2.24. The highest BCUT2D eigenvalue weighted by molar-refractivity contribution is 7.47.